The van der Waals surface area contributed by atoms with Crippen molar-refractivity contribution in [2.24, 2.45) is 5.73 Å². The second-order valence-corrected chi connectivity index (χ2v) is 5.19. The summed E-state index contributed by atoms with van der Waals surface area (Å²) in [6, 6.07) is 9.83. The molecule has 0 saturated carbocycles. The Morgan fingerprint density at radius 2 is 1.79 bits per heavy atom. The number of aromatic nitrogens is 2. The highest BCUT2D eigenvalue weighted by molar-refractivity contribution is 5.31. The van der Waals surface area contributed by atoms with Gasteiger partial charge >= 0.3 is 0 Å². The van der Waals surface area contributed by atoms with Crippen LogP contribution in [0.1, 0.15) is 47.2 Å². The minimum Gasteiger partial charge on any atom is -0.318 e. The molecular weight excluding hydrogens is 234 g/mol. The van der Waals surface area contributed by atoms with Crippen molar-refractivity contribution in [1.82, 2.24) is 9.97 Å². The number of nitrogens with zero attached hydrogens (tertiary/aromatic N) is 2. The van der Waals surface area contributed by atoms with E-state index in [1.165, 1.54) is 24.1 Å². The second kappa shape index (κ2) is 5.10. The molecule has 1 aliphatic carbocycles. The van der Waals surface area contributed by atoms with E-state index in [-0.39, 0.29) is 6.04 Å². The zero-order chi connectivity index (χ0) is 13.2. The number of aryl methyl sites for hydroxylation is 2. The molecule has 0 bridgehead atoms. The fourth-order valence-corrected chi connectivity index (χ4v) is 2.75. The lowest BCUT2D eigenvalue weighted by atomic mass is 9.94. The van der Waals surface area contributed by atoms with E-state index in [1.54, 1.807) is 0 Å². The summed E-state index contributed by atoms with van der Waals surface area (Å²) in [5.74, 6) is 0.754. The third-order valence-corrected chi connectivity index (χ3v) is 3.84. The molecule has 3 nitrogen and oxygen atoms in total. The Kier molecular flexibility index (Phi) is 3.30. The van der Waals surface area contributed by atoms with Crippen LogP contribution in [0.25, 0.3) is 0 Å². The van der Waals surface area contributed by atoms with Crippen molar-refractivity contribution in [1.29, 1.82) is 0 Å². The standard InChI is InChI=1S/C16H19N3/c1-11-13-9-5-6-10-14(13)19-16(18-11)15(17)12-7-3-2-4-8-12/h2-4,7-8,15H,5-6,9-10,17H2,1H3. The molecule has 0 radical (unpaired) electrons. The molecule has 1 atom stereocenters. The van der Waals surface area contributed by atoms with Crippen LogP contribution >= 0.6 is 0 Å². The van der Waals surface area contributed by atoms with Gasteiger partial charge in [0.2, 0.25) is 0 Å². The average Bonchev–Trinajstić information content (AvgIpc) is 2.47. The smallest absolute Gasteiger partial charge is 0.150 e. The molecule has 0 saturated heterocycles. The van der Waals surface area contributed by atoms with Crippen molar-refractivity contribution in [3.05, 3.63) is 58.7 Å². The average molecular weight is 253 g/mol. The molecule has 1 unspecified atom stereocenters. The van der Waals surface area contributed by atoms with Gasteiger partial charge in [-0.25, -0.2) is 9.97 Å². The van der Waals surface area contributed by atoms with Gasteiger partial charge in [0.25, 0.3) is 0 Å². The van der Waals surface area contributed by atoms with Crippen LogP contribution in [0, 0.1) is 6.92 Å². The Hall–Kier alpha value is -1.74. The van der Waals surface area contributed by atoms with E-state index in [9.17, 15) is 0 Å². The third kappa shape index (κ3) is 2.38. The molecule has 2 N–H and O–H groups in total. The van der Waals surface area contributed by atoms with E-state index in [4.69, 9.17) is 10.7 Å². The van der Waals surface area contributed by atoms with Crippen molar-refractivity contribution in [2.75, 3.05) is 0 Å². The minimum atomic E-state index is -0.230. The first-order valence-corrected chi connectivity index (χ1v) is 6.92. The summed E-state index contributed by atoms with van der Waals surface area (Å²) in [5, 5.41) is 0. The fraction of sp³-hybridized carbons (Fsp3) is 0.375. The van der Waals surface area contributed by atoms with Gasteiger partial charge in [0.05, 0.1) is 6.04 Å². The monoisotopic (exact) mass is 253 g/mol. The molecule has 2 aromatic rings. The summed E-state index contributed by atoms with van der Waals surface area (Å²) in [6.07, 6.45) is 4.65. The summed E-state index contributed by atoms with van der Waals surface area (Å²) < 4.78 is 0. The molecule has 1 aromatic heterocycles. The van der Waals surface area contributed by atoms with Gasteiger partial charge in [-0.1, -0.05) is 30.3 Å². The molecule has 3 heteroatoms. The van der Waals surface area contributed by atoms with E-state index in [2.05, 4.69) is 11.9 Å². The molecular formula is C16H19N3. The maximum Gasteiger partial charge on any atom is 0.150 e. The molecule has 0 spiro atoms. The summed E-state index contributed by atoms with van der Waals surface area (Å²) >= 11 is 0. The van der Waals surface area contributed by atoms with Crippen LogP contribution in [0.5, 0.6) is 0 Å². The molecule has 0 amide bonds. The summed E-state index contributed by atoms with van der Waals surface area (Å²) in [7, 11) is 0. The summed E-state index contributed by atoms with van der Waals surface area (Å²) in [6.45, 7) is 2.08. The van der Waals surface area contributed by atoms with Crippen LogP contribution in [-0.4, -0.2) is 9.97 Å². The van der Waals surface area contributed by atoms with Gasteiger partial charge in [0.1, 0.15) is 5.82 Å². The molecule has 1 heterocycles. The van der Waals surface area contributed by atoms with Gasteiger partial charge < -0.3 is 5.73 Å². The zero-order valence-corrected chi connectivity index (χ0v) is 11.3. The Bertz CT molecular complexity index is 578. The summed E-state index contributed by atoms with van der Waals surface area (Å²) in [5.41, 5.74) is 11.0. The quantitative estimate of drug-likeness (QED) is 0.895. The number of hydrogen-bond acceptors (Lipinski definition) is 3. The van der Waals surface area contributed by atoms with Crippen molar-refractivity contribution in [2.45, 2.75) is 38.6 Å². The topological polar surface area (TPSA) is 51.8 Å². The highest BCUT2D eigenvalue weighted by Gasteiger charge is 2.19. The van der Waals surface area contributed by atoms with Gasteiger partial charge in [0, 0.05) is 11.4 Å². The van der Waals surface area contributed by atoms with Crippen LogP contribution in [0.4, 0.5) is 0 Å². The van der Waals surface area contributed by atoms with E-state index in [1.807, 2.05) is 30.3 Å². The Morgan fingerprint density at radius 3 is 2.58 bits per heavy atom. The first-order chi connectivity index (χ1) is 9.25. The SMILES string of the molecule is Cc1nc(C(N)c2ccccc2)nc2c1CCCC2. The molecule has 98 valence electrons. The van der Waals surface area contributed by atoms with Crippen molar-refractivity contribution in [3.8, 4) is 0 Å². The highest BCUT2D eigenvalue weighted by Crippen LogP contribution is 2.24. The molecule has 0 fully saturated rings. The first-order valence-electron chi connectivity index (χ1n) is 6.92. The predicted octanol–water partition coefficient (Wildman–Crippen LogP) is 2.71. The van der Waals surface area contributed by atoms with Crippen molar-refractivity contribution in [3.63, 3.8) is 0 Å². The van der Waals surface area contributed by atoms with Gasteiger partial charge in [-0.05, 0) is 43.7 Å². The van der Waals surface area contributed by atoms with Crippen LogP contribution in [0.15, 0.2) is 30.3 Å². The maximum atomic E-state index is 6.29. The Labute approximate surface area is 113 Å². The van der Waals surface area contributed by atoms with Crippen LogP contribution in [0.2, 0.25) is 0 Å². The van der Waals surface area contributed by atoms with Crippen LogP contribution < -0.4 is 5.73 Å². The number of rotatable bonds is 2. The molecule has 19 heavy (non-hydrogen) atoms. The zero-order valence-electron chi connectivity index (χ0n) is 11.3. The van der Waals surface area contributed by atoms with Crippen molar-refractivity contribution < 1.29 is 0 Å². The lowest BCUT2D eigenvalue weighted by Gasteiger charge is -2.19. The first kappa shape index (κ1) is 12.3. The minimum absolute atomic E-state index is 0.230. The number of hydrogen-bond donors (Lipinski definition) is 1. The molecule has 0 aliphatic heterocycles. The molecule has 1 aliphatic rings. The van der Waals surface area contributed by atoms with Gasteiger partial charge in [-0.15, -0.1) is 0 Å². The number of benzene rings is 1. The third-order valence-electron chi connectivity index (χ3n) is 3.84. The molecule has 1 aromatic carbocycles. The Morgan fingerprint density at radius 1 is 1.05 bits per heavy atom. The second-order valence-electron chi connectivity index (χ2n) is 5.19. The Balaban J connectivity index is 1.99. The predicted molar refractivity (Wildman–Crippen MR) is 75.9 cm³/mol. The van der Waals surface area contributed by atoms with Crippen molar-refractivity contribution >= 4 is 0 Å². The van der Waals surface area contributed by atoms with Crippen LogP contribution in [0.3, 0.4) is 0 Å². The maximum absolute atomic E-state index is 6.29. The van der Waals surface area contributed by atoms with Crippen LogP contribution in [-0.2, 0) is 12.8 Å². The number of nitrogens with two attached hydrogens (primary N) is 1. The highest BCUT2D eigenvalue weighted by atomic mass is 14.9. The summed E-state index contributed by atoms with van der Waals surface area (Å²) in [4.78, 5) is 9.34. The van der Waals surface area contributed by atoms with Gasteiger partial charge in [-0.3, -0.25) is 0 Å². The fourth-order valence-electron chi connectivity index (χ4n) is 2.75. The van der Waals surface area contributed by atoms with Gasteiger partial charge in [-0.2, -0.15) is 0 Å². The number of fused-ring (bicyclic) bond motifs is 1. The van der Waals surface area contributed by atoms with E-state index < -0.39 is 0 Å². The lowest BCUT2D eigenvalue weighted by molar-refractivity contribution is 0.638. The van der Waals surface area contributed by atoms with E-state index in [0.717, 1.165) is 29.9 Å². The van der Waals surface area contributed by atoms with E-state index in [0.29, 0.717) is 0 Å². The van der Waals surface area contributed by atoms with Gasteiger partial charge in [0.15, 0.2) is 0 Å². The normalized spacial score (nSPS) is 15.9. The largest absolute Gasteiger partial charge is 0.318 e. The molecule has 3 rings (SSSR count). The van der Waals surface area contributed by atoms with E-state index >= 15 is 0 Å². The lowest BCUT2D eigenvalue weighted by Crippen LogP contribution is -2.19.